The Balaban J connectivity index is 1.24. The third-order valence-corrected chi connectivity index (χ3v) is 7.87. The second-order valence-electron chi connectivity index (χ2n) is 11.0. The number of amides is 1. The van der Waals surface area contributed by atoms with Crippen LogP contribution in [0.15, 0.2) is 48.5 Å². The van der Waals surface area contributed by atoms with Crippen molar-refractivity contribution in [2.75, 3.05) is 35.7 Å². The topological polar surface area (TPSA) is 139 Å². The highest BCUT2D eigenvalue weighted by atomic mass is 35.5. The summed E-state index contributed by atoms with van der Waals surface area (Å²) < 4.78 is 48.3. The van der Waals surface area contributed by atoms with Gasteiger partial charge in [0.05, 0.1) is 12.1 Å². The number of esters is 1. The zero-order valence-corrected chi connectivity index (χ0v) is 25.2. The number of hydrogen-bond acceptors (Lipinski definition) is 10. The smallest absolute Gasteiger partial charge is 0.422 e. The lowest BCUT2D eigenvalue weighted by Crippen LogP contribution is -2.39. The average Bonchev–Trinajstić information content (AvgIpc) is 3.64. The number of rotatable bonds is 12. The Labute approximate surface area is 262 Å². The molecule has 0 aliphatic heterocycles. The molecule has 2 aliphatic rings. The lowest BCUT2D eigenvalue weighted by molar-refractivity contribution is -0.154. The molecule has 0 bridgehead atoms. The fourth-order valence-corrected chi connectivity index (χ4v) is 5.36. The molecule has 1 amide bonds. The van der Waals surface area contributed by atoms with Gasteiger partial charge in [0, 0.05) is 29.0 Å². The van der Waals surface area contributed by atoms with Crippen LogP contribution in [0.2, 0.25) is 5.02 Å². The molecule has 4 N–H and O–H groups in total. The number of anilines is 4. The van der Waals surface area contributed by atoms with Crippen LogP contribution < -0.4 is 26.0 Å². The molecular formula is C30H33ClF3N7O4. The summed E-state index contributed by atoms with van der Waals surface area (Å²) in [4.78, 5) is 36.0. The van der Waals surface area contributed by atoms with Gasteiger partial charge in [-0.2, -0.15) is 28.1 Å². The molecule has 2 fully saturated rings. The Hall–Kier alpha value is -4.33. The summed E-state index contributed by atoms with van der Waals surface area (Å²) in [6.07, 6.45) is -0.244. The van der Waals surface area contributed by atoms with Crippen molar-refractivity contribution in [3.63, 3.8) is 0 Å². The standard InChI is InChI=1S/C30H33ClF3N7O4/c1-2-44-25(43)24(42)35-16-18-4-3-5-23(18)36-21-10-12-22(13-11-21)37-26-38-27(40-28(39-26)45-17-30(32,33)34)41-29(14-15-29)19-6-8-20(31)9-7-19/h6-13,18,23,36H,2-5,14-17H2,1H3,(H,35,42)(H2,37,38,39,40,41). The van der Waals surface area contributed by atoms with Crippen LogP contribution in [0, 0.1) is 5.92 Å². The maximum absolute atomic E-state index is 12.9. The van der Waals surface area contributed by atoms with E-state index in [4.69, 9.17) is 21.1 Å². The van der Waals surface area contributed by atoms with Crippen molar-refractivity contribution in [2.45, 2.75) is 56.8 Å². The molecular weight excluding hydrogens is 615 g/mol. The number of ether oxygens (including phenoxy) is 2. The van der Waals surface area contributed by atoms with Crippen LogP contribution in [0.4, 0.5) is 36.4 Å². The van der Waals surface area contributed by atoms with E-state index in [0.717, 1.165) is 43.4 Å². The molecule has 15 heteroatoms. The number of nitrogens with one attached hydrogen (secondary N) is 4. The number of alkyl halides is 3. The fourth-order valence-electron chi connectivity index (χ4n) is 5.23. The zero-order valence-electron chi connectivity index (χ0n) is 24.4. The molecule has 1 heterocycles. The molecule has 0 saturated heterocycles. The Bertz CT molecular complexity index is 1490. The Morgan fingerprint density at radius 1 is 0.978 bits per heavy atom. The van der Waals surface area contributed by atoms with Crippen LogP contribution in [-0.4, -0.2) is 58.8 Å². The summed E-state index contributed by atoms with van der Waals surface area (Å²) in [6.45, 7) is 0.573. The van der Waals surface area contributed by atoms with Gasteiger partial charge >= 0.3 is 24.1 Å². The van der Waals surface area contributed by atoms with Crippen molar-refractivity contribution in [2.24, 2.45) is 5.92 Å². The quantitative estimate of drug-likeness (QED) is 0.146. The van der Waals surface area contributed by atoms with E-state index in [-0.39, 0.29) is 30.5 Å². The van der Waals surface area contributed by atoms with E-state index in [1.54, 1.807) is 31.2 Å². The molecule has 3 aromatic rings. The van der Waals surface area contributed by atoms with Crippen molar-refractivity contribution in [3.05, 3.63) is 59.1 Å². The van der Waals surface area contributed by atoms with Gasteiger partial charge in [-0.1, -0.05) is 30.2 Å². The monoisotopic (exact) mass is 647 g/mol. The molecule has 0 radical (unpaired) electrons. The van der Waals surface area contributed by atoms with Crippen molar-refractivity contribution < 1.29 is 32.2 Å². The molecule has 2 atom stereocenters. The van der Waals surface area contributed by atoms with Crippen LogP contribution in [-0.2, 0) is 19.9 Å². The maximum Gasteiger partial charge on any atom is 0.422 e. The van der Waals surface area contributed by atoms with E-state index < -0.39 is 36.2 Å². The van der Waals surface area contributed by atoms with E-state index in [1.807, 2.05) is 24.3 Å². The molecule has 5 rings (SSSR count). The van der Waals surface area contributed by atoms with Crippen molar-refractivity contribution in [3.8, 4) is 6.01 Å². The summed E-state index contributed by atoms with van der Waals surface area (Å²) in [5.74, 6) is -1.44. The number of halogens is 4. The first kappa shape index (κ1) is 32.1. The van der Waals surface area contributed by atoms with Crippen LogP contribution in [0.25, 0.3) is 0 Å². The minimum absolute atomic E-state index is 0.00508. The van der Waals surface area contributed by atoms with E-state index in [1.165, 1.54) is 0 Å². The molecule has 11 nitrogen and oxygen atoms in total. The fraction of sp³-hybridized carbons (Fsp3) is 0.433. The predicted molar refractivity (Wildman–Crippen MR) is 161 cm³/mol. The summed E-state index contributed by atoms with van der Waals surface area (Å²) in [6, 6.07) is 14.2. The van der Waals surface area contributed by atoms with E-state index in [2.05, 4.69) is 36.2 Å². The number of carbonyl (C=O) groups excluding carboxylic acids is 2. The normalized spacial score (nSPS) is 18.5. The lowest BCUT2D eigenvalue weighted by Gasteiger charge is -2.22. The molecule has 2 unspecified atom stereocenters. The average molecular weight is 648 g/mol. The van der Waals surface area contributed by atoms with Gasteiger partial charge in [-0.05, 0) is 80.5 Å². The van der Waals surface area contributed by atoms with Gasteiger partial charge in [0.1, 0.15) is 0 Å². The van der Waals surface area contributed by atoms with Gasteiger partial charge in [-0.25, -0.2) is 4.79 Å². The zero-order chi connectivity index (χ0) is 32.0. The summed E-state index contributed by atoms with van der Waals surface area (Å²) in [5, 5.41) is 13.0. The number of hydrogen-bond donors (Lipinski definition) is 4. The second kappa shape index (κ2) is 13.8. The second-order valence-corrected chi connectivity index (χ2v) is 11.4. The number of carbonyl (C=O) groups is 2. The first-order chi connectivity index (χ1) is 21.5. The number of nitrogens with zero attached hydrogens (tertiary/aromatic N) is 3. The summed E-state index contributed by atoms with van der Waals surface area (Å²) in [7, 11) is 0. The van der Waals surface area contributed by atoms with Gasteiger partial charge < -0.3 is 30.7 Å². The molecule has 2 aromatic carbocycles. The van der Waals surface area contributed by atoms with E-state index in [9.17, 15) is 22.8 Å². The first-order valence-corrected chi connectivity index (χ1v) is 15.0. The SMILES string of the molecule is CCOC(=O)C(=O)NCC1CCCC1Nc1ccc(Nc2nc(NC3(c4ccc(Cl)cc4)CC3)nc(OCC(F)(F)F)n2)cc1. The van der Waals surface area contributed by atoms with E-state index >= 15 is 0 Å². The van der Waals surface area contributed by atoms with Gasteiger partial charge in [0.15, 0.2) is 6.61 Å². The molecule has 0 spiro atoms. The Morgan fingerprint density at radius 2 is 1.67 bits per heavy atom. The highest BCUT2D eigenvalue weighted by molar-refractivity contribution is 6.32. The number of aromatic nitrogens is 3. The van der Waals surface area contributed by atoms with Crippen LogP contribution in [0.3, 0.4) is 0 Å². The first-order valence-electron chi connectivity index (χ1n) is 14.6. The van der Waals surface area contributed by atoms with Gasteiger partial charge in [0.2, 0.25) is 11.9 Å². The van der Waals surface area contributed by atoms with Crippen molar-refractivity contribution in [1.29, 1.82) is 0 Å². The van der Waals surface area contributed by atoms with Crippen LogP contribution >= 0.6 is 11.6 Å². The Morgan fingerprint density at radius 3 is 2.33 bits per heavy atom. The third-order valence-electron chi connectivity index (χ3n) is 7.62. The third kappa shape index (κ3) is 8.87. The van der Waals surface area contributed by atoms with Crippen LogP contribution in [0.1, 0.15) is 44.6 Å². The predicted octanol–water partition coefficient (Wildman–Crippen LogP) is 5.57. The van der Waals surface area contributed by atoms with Gasteiger partial charge in [-0.15, -0.1) is 0 Å². The summed E-state index contributed by atoms with van der Waals surface area (Å²) >= 11 is 6.03. The highest BCUT2D eigenvalue weighted by Crippen LogP contribution is 2.48. The van der Waals surface area contributed by atoms with Crippen molar-refractivity contribution in [1.82, 2.24) is 20.3 Å². The van der Waals surface area contributed by atoms with Gasteiger partial charge in [-0.3, -0.25) is 4.79 Å². The van der Waals surface area contributed by atoms with Crippen molar-refractivity contribution >= 4 is 46.7 Å². The maximum atomic E-state index is 12.9. The molecule has 240 valence electrons. The lowest BCUT2D eigenvalue weighted by atomic mass is 10.0. The molecule has 45 heavy (non-hydrogen) atoms. The van der Waals surface area contributed by atoms with E-state index in [0.29, 0.717) is 17.3 Å². The molecule has 1 aromatic heterocycles. The minimum Gasteiger partial charge on any atom is -0.459 e. The molecule has 2 saturated carbocycles. The Kier molecular flexibility index (Phi) is 9.80. The minimum atomic E-state index is -4.57. The number of benzene rings is 2. The van der Waals surface area contributed by atoms with Gasteiger partial charge in [0.25, 0.3) is 0 Å². The highest BCUT2D eigenvalue weighted by Gasteiger charge is 2.45. The summed E-state index contributed by atoms with van der Waals surface area (Å²) in [5.41, 5.74) is 1.90. The molecule has 2 aliphatic carbocycles. The largest absolute Gasteiger partial charge is 0.459 e. The van der Waals surface area contributed by atoms with Crippen LogP contribution in [0.5, 0.6) is 6.01 Å².